The van der Waals surface area contributed by atoms with E-state index in [1.165, 1.54) is 6.08 Å². The number of halogens is 3. The molecule has 1 N–H and O–H groups in total. The standard InChI is InChI=1S/C26H15BrCl2N2O3/c27-17-3-1-2-15(10-17)26-31-22-14-20(4-7-24(22)34-26)30-25(32)9-6-21-5-8-23(33-21)16-11-18(28)13-19(29)12-16/h1-14H,(H,30,32)/b9-6+. The molecule has 34 heavy (non-hydrogen) atoms. The number of carbonyl (C=O) groups is 1. The van der Waals surface area contributed by atoms with Crippen molar-refractivity contribution < 1.29 is 13.6 Å². The maximum Gasteiger partial charge on any atom is 0.248 e. The van der Waals surface area contributed by atoms with Gasteiger partial charge < -0.3 is 14.2 Å². The predicted molar refractivity (Wildman–Crippen MR) is 139 cm³/mol. The smallest absolute Gasteiger partial charge is 0.248 e. The van der Waals surface area contributed by atoms with Gasteiger partial charge in [-0.25, -0.2) is 4.98 Å². The molecular formula is C26H15BrCl2N2O3. The minimum atomic E-state index is -0.307. The van der Waals surface area contributed by atoms with Crippen LogP contribution in [0.2, 0.25) is 10.0 Å². The van der Waals surface area contributed by atoms with Gasteiger partial charge in [0.1, 0.15) is 17.0 Å². The predicted octanol–water partition coefficient (Wildman–Crippen LogP) is 8.48. The van der Waals surface area contributed by atoms with Gasteiger partial charge in [0.25, 0.3) is 0 Å². The lowest BCUT2D eigenvalue weighted by atomic mass is 10.2. The van der Waals surface area contributed by atoms with E-state index in [9.17, 15) is 4.79 Å². The fourth-order valence-corrected chi connectivity index (χ4v) is 4.31. The van der Waals surface area contributed by atoms with Crippen LogP contribution >= 0.6 is 39.1 Å². The first-order valence-electron chi connectivity index (χ1n) is 10.1. The zero-order valence-corrected chi connectivity index (χ0v) is 20.5. The molecule has 0 aliphatic rings. The number of aromatic nitrogens is 1. The summed E-state index contributed by atoms with van der Waals surface area (Å²) in [6.45, 7) is 0. The summed E-state index contributed by atoms with van der Waals surface area (Å²) >= 11 is 15.6. The first kappa shape index (κ1) is 22.5. The van der Waals surface area contributed by atoms with Crippen molar-refractivity contribution in [3.63, 3.8) is 0 Å². The Bertz CT molecular complexity index is 1530. The van der Waals surface area contributed by atoms with E-state index >= 15 is 0 Å². The Morgan fingerprint density at radius 2 is 1.74 bits per heavy atom. The van der Waals surface area contributed by atoms with E-state index in [2.05, 4.69) is 26.2 Å². The van der Waals surface area contributed by atoms with Gasteiger partial charge in [0.2, 0.25) is 11.8 Å². The molecule has 0 spiro atoms. The van der Waals surface area contributed by atoms with Crippen molar-refractivity contribution in [1.82, 2.24) is 4.98 Å². The summed E-state index contributed by atoms with van der Waals surface area (Å²) in [5, 5.41) is 3.86. The van der Waals surface area contributed by atoms with Crippen LogP contribution in [0.25, 0.3) is 40.0 Å². The number of rotatable bonds is 5. The van der Waals surface area contributed by atoms with Crippen LogP contribution in [0.5, 0.6) is 0 Å². The van der Waals surface area contributed by atoms with Crippen LogP contribution in [0.3, 0.4) is 0 Å². The molecule has 2 heterocycles. The lowest BCUT2D eigenvalue weighted by Crippen LogP contribution is -2.07. The number of amides is 1. The van der Waals surface area contributed by atoms with E-state index in [1.807, 2.05) is 24.3 Å². The number of nitrogens with one attached hydrogen (secondary N) is 1. The SMILES string of the molecule is O=C(/C=C/c1ccc(-c2cc(Cl)cc(Cl)c2)o1)Nc1ccc2oc(-c3cccc(Br)c3)nc2c1. The molecule has 1 amide bonds. The molecule has 0 radical (unpaired) electrons. The fourth-order valence-electron chi connectivity index (χ4n) is 3.39. The average Bonchev–Trinajstić information content (AvgIpc) is 3.44. The number of oxazole rings is 1. The number of hydrogen-bond donors (Lipinski definition) is 1. The zero-order chi connectivity index (χ0) is 23.7. The quantitative estimate of drug-likeness (QED) is 0.221. The molecule has 0 bridgehead atoms. The minimum Gasteiger partial charge on any atom is -0.457 e. The van der Waals surface area contributed by atoms with E-state index in [1.54, 1.807) is 54.6 Å². The molecule has 5 rings (SSSR count). The van der Waals surface area contributed by atoms with Gasteiger partial charge in [-0.2, -0.15) is 0 Å². The molecule has 8 heteroatoms. The summed E-state index contributed by atoms with van der Waals surface area (Å²) in [5.74, 6) is 1.32. The normalized spacial score (nSPS) is 11.4. The van der Waals surface area contributed by atoms with Gasteiger partial charge in [0, 0.05) is 37.4 Å². The van der Waals surface area contributed by atoms with Crippen LogP contribution in [-0.2, 0) is 4.79 Å². The van der Waals surface area contributed by atoms with Crippen molar-refractivity contribution in [2.75, 3.05) is 5.32 Å². The molecule has 0 aliphatic carbocycles. The van der Waals surface area contributed by atoms with Crippen LogP contribution in [0.1, 0.15) is 5.76 Å². The molecule has 168 valence electrons. The van der Waals surface area contributed by atoms with Crippen molar-refractivity contribution in [1.29, 1.82) is 0 Å². The highest BCUT2D eigenvalue weighted by Gasteiger charge is 2.10. The lowest BCUT2D eigenvalue weighted by molar-refractivity contribution is -0.111. The molecule has 0 saturated carbocycles. The number of hydrogen-bond acceptors (Lipinski definition) is 4. The molecule has 5 nitrogen and oxygen atoms in total. The molecule has 2 aromatic heterocycles. The summed E-state index contributed by atoms with van der Waals surface area (Å²) < 4.78 is 12.6. The van der Waals surface area contributed by atoms with E-state index in [0.717, 1.165) is 15.6 Å². The second-order valence-corrected chi connectivity index (χ2v) is 9.18. The van der Waals surface area contributed by atoms with Crippen LogP contribution < -0.4 is 5.32 Å². The van der Waals surface area contributed by atoms with E-state index in [4.69, 9.17) is 32.0 Å². The number of furan rings is 1. The van der Waals surface area contributed by atoms with Crippen molar-refractivity contribution >= 4 is 67.9 Å². The first-order valence-corrected chi connectivity index (χ1v) is 11.7. The van der Waals surface area contributed by atoms with Crippen LogP contribution in [0.4, 0.5) is 5.69 Å². The highest BCUT2D eigenvalue weighted by molar-refractivity contribution is 9.10. The molecular weight excluding hydrogens is 539 g/mol. The van der Waals surface area contributed by atoms with Gasteiger partial charge in [0.15, 0.2) is 5.58 Å². The highest BCUT2D eigenvalue weighted by atomic mass is 79.9. The average molecular weight is 554 g/mol. The van der Waals surface area contributed by atoms with Crippen molar-refractivity contribution in [3.05, 3.63) is 99.2 Å². The molecule has 0 fully saturated rings. The Balaban J connectivity index is 1.29. The molecule has 5 aromatic rings. The second kappa shape index (κ2) is 9.50. The summed E-state index contributed by atoms with van der Waals surface area (Å²) in [6, 6.07) is 21.7. The van der Waals surface area contributed by atoms with Gasteiger partial charge >= 0.3 is 0 Å². The third-order valence-electron chi connectivity index (χ3n) is 4.90. The van der Waals surface area contributed by atoms with E-state index in [-0.39, 0.29) is 5.91 Å². The van der Waals surface area contributed by atoms with Gasteiger partial charge in [0.05, 0.1) is 0 Å². The Morgan fingerprint density at radius 1 is 0.912 bits per heavy atom. The second-order valence-electron chi connectivity index (χ2n) is 7.39. The van der Waals surface area contributed by atoms with Crippen molar-refractivity contribution in [2.24, 2.45) is 0 Å². The summed E-state index contributed by atoms with van der Waals surface area (Å²) in [6.07, 6.45) is 2.98. The van der Waals surface area contributed by atoms with Crippen molar-refractivity contribution in [2.45, 2.75) is 0 Å². The summed E-state index contributed by atoms with van der Waals surface area (Å²) in [7, 11) is 0. The molecule has 0 saturated heterocycles. The maximum absolute atomic E-state index is 12.4. The van der Waals surface area contributed by atoms with Gasteiger partial charge in [-0.3, -0.25) is 4.79 Å². The van der Waals surface area contributed by atoms with Crippen LogP contribution in [-0.4, -0.2) is 10.9 Å². The number of benzene rings is 3. The van der Waals surface area contributed by atoms with Crippen LogP contribution in [0, 0.1) is 0 Å². The highest BCUT2D eigenvalue weighted by Crippen LogP contribution is 2.30. The van der Waals surface area contributed by atoms with Crippen LogP contribution in [0.15, 0.2) is 92.2 Å². The molecule has 3 aromatic carbocycles. The largest absolute Gasteiger partial charge is 0.457 e. The lowest BCUT2D eigenvalue weighted by Gasteiger charge is -2.01. The third kappa shape index (κ3) is 5.09. The summed E-state index contributed by atoms with van der Waals surface area (Å²) in [4.78, 5) is 17.0. The Morgan fingerprint density at radius 3 is 2.53 bits per heavy atom. The maximum atomic E-state index is 12.4. The van der Waals surface area contributed by atoms with E-state index < -0.39 is 0 Å². The number of carbonyl (C=O) groups excluding carboxylic acids is 1. The monoisotopic (exact) mass is 552 g/mol. The topological polar surface area (TPSA) is 68.3 Å². The fraction of sp³-hybridized carbons (Fsp3) is 0. The van der Waals surface area contributed by atoms with Gasteiger partial charge in [-0.15, -0.1) is 0 Å². The van der Waals surface area contributed by atoms with Gasteiger partial charge in [-0.05, 0) is 72.8 Å². The van der Waals surface area contributed by atoms with Gasteiger partial charge in [-0.1, -0.05) is 45.2 Å². The first-order chi connectivity index (χ1) is 16.4. The van der Waals surface area contributed by atoms with Crippen molar-refractivity contribution in [3.8, 4) is 22.8 Å². The molecule has 0 aliphatic heterocycles. The number of fused-ring (bicyclic) bond motifs is 1. The Kier molecular flexibility index (Phi) is 6.28. The Hall–Kier alpha value is -3.32. The molecule has 0 atom stereocenters. The minimum absolute atomic E-state index is 0.307. The Labute approximate surface area is 213 Å². The van der Waals surface area contributed by atoms with E-state index in [0.29, 0.717) is 44.2 Å². The molecule has 0 unspecified atom stereocenters. The third-order valence-corrected chi connectivity index (χ3v) is 5.83. The summed E-state index contributed by atoms with van der Waals surface area (Å²) in [5.41, 5.74) is 3.49. The number of nitrogens with zero attached hydrogens (tertiary/aromatic N) is 1. The zero-order valence-electron chi connectivity index (χ0n) is 17.4. The number of anilines is 1.